The highest BCUT2D eigenvalue weighted by atomic mass is 79.9. The Morgan fingerprint density at radius 1 is 1.09 bits per heavy atom. The molecule has 1 aliphatic rings. The minimum Gasteiger partial charge on any atom is -0.479 e. The molecule has 4 heterocycles. The van der Waals surface area contributed by atoms with E-state index in [9.17, 15) is 13.2 Å². The Bertz CT molecular complexity index is 1360. The number of rotatable bonds is 4. The zero-order valence-electron chi connectivity index (χ0n) is 18.5. The first-order valence-corrected chi connectivity index (χ1v) is 11.5. The van der Waals surface area contributed by atoms with E-state index in [-0.39, 0.29) is 5.56 Å². The molecule has 1 aliphatic heterocycles. The Hall–Kier alpha value is -3.14. The number of aryl methyl sites for hydroxylation is 2. The molecule has 0 fully saturated rings. The SMILES string of the molecule is COc1nc(-c2cn3c(n2)[C@@H](c2cc(Br)ccc2C(F)(F)F)CCC3)ccc1-n1cnc(C)c1. The number of hydrogen-bond acceptors (Lipinski definition) is 4. The van der Waals surface area contributed by atoms with Gasteiger partial charge in [0.25, 0.3) is 0 Å². The fourth-order valence-corrected chi connectivity index (χ4v) is 4.83. The number of nitrogens with zero attached hydrogens (tertiary/aromatic N) is 5. The molecule has 6 nitrogen and oxygen atoms in total. The van der Waals surface area contributed by atoms with Crippen LogP contribution in [-0.4, -0.2) is 31.2 Å². The summed E-state index contributed by atoms with van der Waals surface area (Å²) in [5.41, 5.74) is 2.39. The zero-order chi connectivity index (χ0) is 24.0. The summed E-state index contributed by atoms with van der Waals surface area (Å²) >= 11 is 3.33. The minimum atomic E-state index is -4.44. The summed E-state index contributed by atoms with van der Waals surface area (Å²) < 4.78 is 51.2. The number of alkyl halides is 3. The van der Waals surface area contributed by atoms with Crippen LogP contribution in [0.5, 0.6) is 5.88 Å². The van der Waals surface area contributed by atoms with Crippen molar-refractivity contribution in [2.45, 2.75) is 38.4 Å². The van der Waals surface area contributed by atoms with E-state index in [0.29, 0.717) is 40.5 Å². The maximum Gasteiger partial charge on any atom is 0.416 e. The van der Waals surface area contributed by atoms with Gasteiger partial charge in [-0.25, -0.2) is 15.0 Å². The van der Waals surface area contributed by atoms with Gasteiger partial charge in [0.05, 0.1) is 30.4 Å². The fourth-order valence-electron chi connectivity index (χ4n) is 4.46. The Labute approximate surface area is 202 Å². The van der Waals surface area contributed by atoms with Gasteiger partial charge in [0.2, 0.25) is 5.88 Å². The van der Waals surface area contributed by atoms with Crippen molar-refractivity contribution in [2.24, 2.45) is 0 Å². The van der Waals surface area contributed by atoms with Gasteiger partial charge in [0, 0.05) is 29.3 Å². The van der Waals surface area contributed by atoms with E-state index in [1.165, 1.54) is 6.07 Å². The zero-order valence-corrected chi connectivity index (χ0v) is 20.1. The van der Waals surface area contributed by atoms with E-state index in [1.54, 1.807) is 19.5 Å². The molecule has 176 valence electrons. The van der Waals surface area contributed by atoms with E-state index in [2.05, 4.69) is 25.9 Å². The highest BCUT2D eigenvalue weighted by Crippen LogP contribution is 2.42. The van der Waals surface area contributed by atoms with Crippen LogP contribution in [0.1, 0.15) is 41.4 Å². The highest BCUT2D eigenvalue weighted by molar-refractivity contribution is 9.10. The van der Waals surface area contributed by atoms with Crippen LogP contribution in [0.2, 0.25) is 0 Å². The van der Waals surface area contributed by atoms with Gasteiger partial charge >= 0.3 is 6.18 Å². The highest BCUT2D eigenvalue weighted by Gasteiger charge is 2.37. The third kappa shape index (κ3) is 4.11. The molecule has 3 aromatic heterocycles. The summed E-state index contributed by atoms with van der Waals surface area (Å²) in [5, 5.41) is 0. The van der Waals surface area contributed by atoms with Crippen molar-refractivity contribution in [3.8, 4) is 23.0 Å². The lowest BCUT2D eigenvalue weighted by molar-refractivity contribution is -0.138. The molecular formula is C24H21BrF3N5O. The molecule has 0 spiro atoms. The number of halogens is 4. The summed E-state index contributed by atoms with van der Waals surface area (Å²) in [6.07, 6.45) is 2.32. The Morgan fingerprint density at radius 2 is 1.91 bits per heavy atom. The topological polar surface area (TPSA) is 57.8 Å². The van der Waals surface area contributed by atoms with Gasteiger partial charge in [-0.15, -0.1) is 0 Å². The predicted molar refractivity (Wildman–Crippen MR) is 124 cm³/mol. The van der Waals surface area contributed by atoms with Crippen LogP contribution in [0, 0.1) is 6.92 Å². The van der Waals surface area contributed by atoms with E-state index in [1.807, 2.05) is 40.6 Å². The van der Waals surface area contributed by atoms with Crippen molar-refractivity contribution in [3.63, 3.8) is 0 Å². The number of imidazole rings is 2. The molecule has 4 aromatic rings. The number of ether oxygens (including phenoxy) is 1. The molecule has 0 radical (unpaired) electrons. The number of aromatic nitrogens is 5. The van der Waals surface area contributed by atoms with Crippen LogP contribution < -0.4 is 4.74 Å². The standard InChI is InChI=1S/C24H21BrF3N5O/c1-14-11-33(13-29-14)21-8-7-19(31-23(21)34-2)20-12-32-9-3-4-16(22(32)30-20)17-10-15(25)5-6-18(17)24(26,27)28/h5-8,10-13,16H,3-4,9H2,1-2H3/t16-/m1/s1. The maximum atomic E-state index is 13.8. The molecule has 1 atom stereocenters. The van der Waals surface area contributed by atoms with Crippen molar-refractivity contribution in [1.82, 2.24) is 24.1 Å². The van der Waals surface area contributed by atoms with Crippen LogP contribution in [0.25, 0.3) is 17.1 Å². The Balaban J connectivity index is 1.56. The lowest BCUT2D eigenvalue weighted by Gasteiger charge is -2.26. The van der Waals surface area contributed by atoms with Crippen LogP contribution in [0.3, 0.4) is 0 Å². The van der Waals surface area contributed by atoms with Gasteiger partial charge in [0.15, 0.2) is 0 Å². The van der Waals surface area contributed by atoms with Crippen LogP contribution >= 0.6 is 15.9 Å². The Morgan fingerprint density at radius 3 is 2.62 bits per heavy atom. The van der Waals surface area contributed by atoms with Gasteiger partial charge < -0.3 is 13.9 Å². The molecule has 5 rings (SSSR count). The molecule has 0 aliphatic carbocycles. The first-order chi connectivity index (χ1) is 16.2. The minimum absolute atomic E-state index is 0.233. The van der Waals surface area contributed by atoms with Gasteiger partial charge in [-0.1, -0.05) is 15.9 Å². The van der Waals surface area contributed by atoms with Crippen LogP contribution in [-0.2, 0) is 12.7 Å². The summed E-state index contributed by atoms with van der Waals surface area (Å²) in [6.45, 7) is 2.59. The molecule has 0 N–H and O–H groups in total. The summed E-state index contributed by atoms with van der Waals surface area (Å²) in [6, 6.07) is 7.81. The van der Waals surface area contributed by atoms with E-state index < -0.39 is 17.7 Å². The van der Waals surface area contributed by atoms with Gasteiger partial charge in [-0.05, 0) is 55.7 Å². The lowest BCUT2D eigenvalue weighted by atomic mass is 9.87. The molecule has 0 bridgehead atoms. The second-order valence-electron chi connectivity index (χ2n) is 8.25. The molecule has 34 heavy (non-hydrogen) atoms. The second kappa shape index (κ2) is 8.57. The summed E-state index contributed by atoms with van der Waals surface area (Å²) in [5.74, 6) is 0.551. The Kier molecular flexibility index (Phi) is 5.71. The van der Waals surface area contributed by atoms with Crippen LogP contribution in [0.4, 0.5) is 13.2 Å². The quantitative estimate of drug-likeness (QED) is 0.316. The maximum absolute atomic E-state index is 13.8. The fraction of sp³-hybridized carbons (Fsp3) is 0.292. The van der Waals surface area contributed by atoms with E-state index >= 15 is 0 Å². The molecule has 0 unspecified atom stereocenters. The second-order valence-corrected chi connectivity index (χ2v) is 9.16. The van der Waals surface area contributed by atoms with E-state index in [0.717, 1.165) is 23.9 Å². The molecule has 0 amide bonds. The third-order valence-electron chi connectivity index (χ3n) is 5.99. The first-order valence-electron chi connectivity index (χ1n) is 10.7. The van der Waals surface area contributed by atoms with Gasteiger partial charge in [-0.2, -0.15) is 13.2 Å². The van der Waals surface area contributed by atoms with Crippen molar-refractivity contribution < 1.29 is 17.9 Å². The largest absolute Gasteiger partial charge is 0.479 e. The molecular weight excluding hydrogens is 511 g/mol. The van der Waals surface area contributed by atoms with Crippen molar-refractivity contribution in [2.75, 3.05) is 7.11 Å². The average molecular weight is 532 g/mol. The number of benzene rings is 1. The molecule has 0 saturated carbocycles. The van der Waals surface area contributed by atoms with Gasteiger partial charge in [-0.3, -0.25) is 0 Å². The predicted octanol–water partition coefficient (Wildman–Crippen LogP) is 6.15. The molecule has 10 heteroatoms. The van der Waals surface area contributed by atoms with E-state index in [4.69, 9.17) is 9.72 Å². The average Bonchev–Trinajstić information content (AvgIpc) is 3.43. The summed E-state index contributed by atoms with van der Waals surface area (Å²) in [7, 11) is 1.54. The van der Waals surface area contributed by atoms with Crippen molar-refractivity contribution >= 4 is 15.9 Å². The number of fused-ring (bicyclic) bond motifs is 1. The smallest absolute Gasteiger partial charge is 0.416 e. The molecule has 0 saturated heterocycles. The molecule has 1 aromatic carbocycles. The first kappa shape index (κ1) is 22.6. The van der Waals surface area contributed by atoms with Crippen molar-refractivity contribution in [3.05, 3.63) is 76.2 Å². The number of pyridine rings is 1. The lowest BCUT2D eigenvalue weighted by Crippen LogP contribution is -2.20. The monoisotopic (exact) mass is 531 g/mol. The summed E-state index contributed by atoms with van der Waals surface area (Å²) in [4.78, 5) is 13.6. The number of hydrogen-bond donors (Lipinski definition) is 0. The van der Waals surface area contributed by atoms with Crippen molar-refractivity contribution in [1.29, 1.82) is 0 Å². The van der Waals surface area contributed by atoms with Crippen LogP contribution in [0.15, 0.2) is 53.5 Å². The van der Waals surface area contributed by atoms with Gasteiger partial charge in [0.1, 0.15) is 17.2 Å². The number of methoxy groups -OCH3 is 1. The third-order valence-corrected chi connectivity index (χ3v) is 6.48. The normalized spacial score (nSPS) is 15.9.